The molecule has 3 rings (SSSR count). The van der Waals surface area contributed by atoms with Gasteiger partial charge in [0.25, 0.3) is 0 Å². The van der Waals surface area contributed by atoms with Gasteiger partial charge in [-0.1, -0.05) is 32.9 Å². The molecule has 0 atom stereocenters. The largest absolute Gasteiger partial charge is 0.315 e. The Morgan fingerprint density at radius 1 is 1.24 bits per heavy atom. The van der Waals surface area contributed by atoms with E-state index in [1.165, 1.54) is 10.6 Å². The lowest BCUT2D eigenvalue weighted by atomic mass is 9.73. The van der Waals surface area contributed by atoms with Crippen molar-refractivity contribution >= 4 is 11.3 Å². The van der Waals surface area contributed by atoms with Gasteiger partial charge in [-0.3, -0.25) is 0 Å². The molecule has 1 aliphatic heterocycles. The van der Waals surface area contributed by atoms with E-state index in [0.29, 0.717) is 0 Å². The van der Waals surface area contributed by atoms with Crippen LogP contribution in [0.25, 0.3) is 0 Å². The fraction of sp³-hybridized carbons (Fsp3) is 0.471. The topological polar surface area (TPSA) is 24.9 Å². The summed E-state index contributed by atoms with van der Waals surface area (Å²) in [7, 11) is 0. The molecule has 1 N–H and O–H groups in total. The van der Waals surface area contributed by atoms with Crippen LogP contribution in [-0.4, -0.2) is 18.1 Å². The summed E-state index contributed by atoms with van der Waals surface area (Å²) >= 11 is 1.74. The third kappa shape index (κ3) is 2.87. The molecule has 1 fully saturated rings. The van der Waals surface area contributed by atoms with Crippen LogP contribution in [0.15, 0.2) is 29.6 Å². The molecule has 1 aromatic heterocycles. The zero-order chi connectivity index (χ0) is 15.1. The van der Waals surface area contributed by atoms with Gasteiger partial charge in [0.1, 0.15) is 5.82 Å². The van der Waals surface area contributed by atoms with Gasteiger partial charge in [-0.05, 0) is 17.7 Å². The number of hydrogen-bond donors (Lipinski definition) is 1. The number of hydrogen-bond acceptors (Lipinski definition) is 3. The molecule has 21 heavy (non-hydrogen) atoms. The van der Waals surface area contributed by atoms with E-state index in [-0.39, 0.29) is 16.6 Å². The second-order valence-electron chi connectivity index (χ2n) is 6.94. The van der Waals surface area contributed by atoms with E-state index in [2.05, 4.69) is 31.5 Å². The third-order valence-electron chi connectivity index (χ3n) is 4.19. The Kier molecular flexibility index (Phi) is 3.62. The van der Waals surface area contributed by atoms with Gasteiger partial charge in [-0.2, -0.15) is 0 Å². The van der Waals surface area contributed by atoms with Gasteiger partial charge in [0.15, 0.2) is 0 Å². The number of rotatable bonds is 3. The first-order valence-electron chi connectivity index (χ1n) is 7.31. The number of aromatic nitrogens is 1. The highest BCUT2D eigenvalue weighted by molar-refractivity contribution is 7.09. The lowest BCUT2D eigenvalue weighted by Gasteiger charge is -2.43. The molecule has 0 amide bonds. The minimum atomic E-state index is -0.176. The number of benzene rings is 1. The summed E-state index contributed by atoms with van der Waals surface area (Å²) < 4.78 is 13.1. The Balaban J connectivity index is 1.84. The predicted octanol–water partition coefficient (Wildman–Crippen LogP) is 3.66. The van der Waals surface area contributed by atoms with Crippen molar-refractivity contribution in [2.24, 2.45) is 0 Å². The Bertz CT molecular complexity index is 621. The molecule has 2 aromatic rings. The van der Waals surface area contributed by atoms with Crippen LogP contribution in [0.3, 0.4) is 0 Å². The first-order valence-corrected chi connectivity index (χ1v) is 8.19. The lowest BCUT2D eigenvalue weighted by Crippen LogP contribution is -2.58. The average Bonchev–Trinajstić information content (AvgIpc) is 2.83. The monoisotopic (exact) mass is 304 g/mol. The van der Waals surface area contributed by atoms with Crippen LogP contribution in [-0.2, 0) is 17.3 Å². The summed E-state index contributed by atoms with van der Waals surface area (Å²) in [4.78, 5) is 4.81. The van der Waals surface area contributed by atoms with Crippen molar-refractivity contribution in [1.29, 1.82) is 0 Å². The van der Waals surface area contributed by atoms with Gasteiger partial charge >= 0.3 is 0 Å². The van der Waals surface area contributed by atoms with E-state index >= 15 is 0 Å². The zero-order valence-corrected chi connectivity index (χ0v) is 13.6. The minimum Gasteiger partial charge on any atom is -0.315 e. The van der Waals surface area contributed by atoms with Crippen molar-refractivity contribution in [3.8, 4) is 0 Å². The summed E-state index contributed by atoms with van der Waals surface area (Å²) in [6.45, 7) is 8.43. The summed E-state index contributed by atoms with van der Waals surface area (Å²) in [6, 6.07) is 6.93. The standard InChI is InChI=1S/C17H21FN2S/c1-16(2,3)14-9-21-15(20-14)8-17(10-19-11-17)12-4-6-13(18)7-5-12/h4-7,9,19H,8,10-11H2,1-3H3. The van der Waals surface area contributed by atoms with E-state index in [4.69, 9.17) is 4.98 Å². The molecule has 0 aliphatic carbocycles. The van der Waals surface area contributed by atoms with Crippen LogP contribution in [0.5, 0.6) is 0 Å². The Labute approximate surface area is 129 Å². The molecule has 2 nitrogen and oxygen atoms in total. The number of nitrogens with one attached hydrogen (secondary N) is 1. The summed E-state index contributed by atoms with van der Waals surface area (Å²) in [5.74, 6) is -0.176. The average molecular weight is 304 g/mol. The second-order valence-corrected chi connectivity index (χ2v) is 7.89. The van der Waals surface area contributed by atoms with E-state index < -0.39 is 0 Å². The van der Waals surface area contributed by atoms with E-state index in [1.807, 2.05) is 12.1 Å². The summed E-state index contributed by atoms with van der Waals surface area (Å²) in [5, 5.41) is 6.69. The molecule has 112 valence electrons. The van der Waals surface area contributed by atoms with E-state index in [9.17, 15) is 4.39 Å². The van der Waals surface area contributed by atoms with Crippen molar-refractivity contribution < 1.29 is 4.39 Å². The maximum absolute atomic E-state index is 13.1. The van der Waals surface area contributed by atoms with Crippen molar-refractivity contribution in [2.75, 3.05) is 13.1 Å². The van der Waals surface area contributed by atoms with Crippen LogP contribution in [0.4, 0.5) is 4.39 Å². The highest BCUT2D eigenvalue weighted by atomic mass is 32.1. The molecular formula is C17H21FN2S. The van der Waals surface area contributed by atoms with Gasteiger partial charge in [-0.15, -0.1) is 11.3 Å². The van der Waals surface area contributed by atoms with Crippen LogP contribution in [0.1, 0.15) is 37.0 Å². The molecule has 0 radical (unpaired) electrons. The van der Waals surface area contributed by atoms with Gasteiger partial charge in [-0.25, -0.2) is 9.37 Å². The van der Waals surface area contributed by atoms with Crippen LogP contribution in [0.2, 0.25) is 0 Å². The Morgan fingerprint density at radius 2 is 1.90 bits per heavy atom. The number of halogens is 1. The molecule has 0 saturated carbocycles. The fourth-order valence-corrected chi connectivity index (χ4v) is 3.85. The first kappa shape index (κ1) is 14.7. The third-order valence-corrected chi connectivity index (χ3v) is 5.04. The van der Waals surface area contributed by atoms with Gasteiger partial charge in [0.2, 0.25) is 0 Å². The molecule has 1 aromatic carbocycles. The van der Waals surface area contributed by atoms with E-state index in [1.54, 1.807) is 23.5 Å². The van der Waals surface area contributed by atoms with Gasteiger partial charge in [0.05, 0.1) is 10.7 Å². The predicted molar refractivity (Wildman–Crippen MR) is 85.5 cm³/mol. The fourth-order valence-electron chi connectivity index (χ4n) is 2.69. The van der Waals surface area contributed by atoms with Crippen LogP contribution >= 0.6 is 11.3 Å². The molecule has 4 heteroatoms. The maximum Gasteiger partial charge on any atom is 0.123 e. The maximum atomic E-state index is 13.1. The summed E-state index contributed by atoms with van der Waals surface area (Å²) in [6.07, 6.45) is 0.923. The normalized spacial score (nSPS) is 17.5. The Morgan fingerprint density at radius 3 is 2.38 bits per heavy atom. The van der Waals surface area contributed by atoms with Gasteiger partial charge in [0, 0.05) is 35.7 Å². The molecule has 0 unspecified atom stereocenters. The Hall–Kier alpha value is -1.26. The SMILES string of the molecule is CC(C)(C)c1csc(CC2(c3ccc(F)cc3)CNC2)n1. The van der Waals surface area contributed by atoms with Crippen molar-refractivity contribution in [1.82, 2.24) is 10.3 Å². The minimum absolute atomic E-state index is 0.0701. The highest BCUT2D eigenvalue weighted by Gasteiger charge is 2.39. The lowest BCUT2D eigenvalue weighted by molar-refractivity contribution is 0.274. The van der Waals surface area contributed by atoms with Crippen molar-refractivity contribution in [2.45, 2.75) is 38.0 Å². The van der Waals surface area contributed by atoms with Crippen molar-refractivity contribution in [3.05, 3.63) is 51.7 Å². The first-order chi connectivity index (χ1) is 9.89. The molecule has 2 heterocycles. The zero-order valence-electron chi connectivity index (χ0n) is 12.7. The molecule has 1 aliphatic rings. The molecular weight excluding hydrogens is 283 g/mol. The smallest absolute Gasteiger partial charge is 0.123 e. The second kappa shape index (κ2) is 5.18. The van der Waals surface area contributed by atoms with E-state index in [0.717, 1.165) is 25.2 Å². The summed E-state index contributed by atoms with van der Waals surface area (Å²) in [5.41, 5.74) is 2.52. The van der Waals surface area contributed by atoms with Gasteiger partial charge < -0.3 is 5.32 Å². The highest BCUT2D eigenvalue weighted by Crippen LogP contribution is 2.34. The molecule has 0 spiro atoms. The van der Waals surface area contributed by atoms with Crippen molar-refractivity contribution in [3.63, 3.8) is 0 Å². The number of nitrogens with zero attached hydrogens (tertiary/aromatic N) is 1. The quantitative estimate of drug-likeness (QED) is 0.936. The molecule has 1 saturated heterocycles. The van der Waals surface area contributed by atoms with Crippen LogP contribution < -0.4 is 5.32 Å². The van der Waals surface area contributed by atoms with Crippen LogP contribution in [0, 0.1) is 5.82 Å². The molecule has 0 bridgehead atoms. The number of thiazole rings is 1.